The molecule has 0 fully saturated rings. The van der Waals surface area contributed by atoms with Gasteiger partial charge < -0.3 is 5.32 Å². The van der Waals surface area contributed by atoms with Gasteiger partial charge in [0.15, 0.2) is 5.65 Å². The molecule has 1 N–H and O–H groups in total. The predicted molar refractivity (Wildman–Crippen MR) is 117 cm³/mol. The van der Waals surface area contributed by atoms with E-state index < -0.39 is 0 Å². The Balaban J connectivity index is 1.50. The minimum atomic E-state index is -0.232. The van der Waals surface area contributed by atoms with Gasteiger partial charge in [0.1, 0.15) is 5.39 Å². The van der Waals surface area contributed by atoms with Crippen LogP contribution in [0.25, 0.3) is 16.7 Å². The average molecular weight is 422 g/mol. The second-order valence-corrected chi connectivity index (χ2v) is 7.54. The first-order chi connectivity index (χ1) is 14.4. The largest absolute Gasteiger partial charge is 0.326 e. The lowest BCUT2D eigenvalue weighted by atomic mass is 10.2. The van der Waals surface area contributed by atoms with Crippen molar-refractivity contribution in [3.63, 3.8) is 0 Å². The molecule has 2 aromatic heterocycles. The number of rotatable bonds is 5. The number of hydrogen-bond acceptors (Lipinski definition) is 4. The molecule has 0 saturated carbocycles. The van der Waals surface area contributed by atoms with Crippen molar-refractivity contribution in [1.29, 1.82) is 0 Å². The summed E-state index contributed by atoms with van der Waals surface area (Å²) in [6.45, 7) is 4.11. The molecule has 0 aliphatic carbocycles. The molecule has 0 radical (unpaired) electrons. The second-order valence-electron chi connectivity index (χ2n) is 7.13. The summed E-state index contributed by atoms with van der Waals surface area (Å²) in [5.41, 5.74) is 3.78. The molecule has 7 nitrogen and oxygen atoms in total. The molecule has 0 bridgehead atoms. The third-order valence-electron chi connectivity index (χ3n) is 4.87. The standard InChI is InChI=1S/C22H20ClN5O2/c1-14-3-7-17(8-4-14)28-21-18(12-25-28)22(30)27(13-24-21)10-9-20(29)26-16-6-5-15(2)19(23)11-16/h3-8,11-13H,9-10H2,1-2H3,(H,26,29). The summed E-state index contributed by atoms with van der Waals surface area (Å²) in [6, 6.07) is 13.1. The first kappa shape index (κ1) is 19.8. The summed E-state index contributed by atoms with van der Waals surface area (Å²) in [5.74, 6) is -0.211. The zero-order chi connectivity index (χ0) is 21.3. The first-order valence-electron chi connectivity index (χ1n) is 9.48. The van der Waals surface area contributed by atoms with Crippen molar-refractivity contribution < 1.29 is 4.79 Å². The van der Waals surface area contributed by atoms with Gasteiger partial charge >= 0.3 is 0 Å². The SMILES string of the molecule is Cc1ccc(-n2ncc3c(=O)n(CCC(=O)Nc4ccc(C)c(Cl)c4)cnc32)cc1. The molecule has 1 amide bonds. The molecule has 0 unspecified atom stereocenters. The quantitative estimate of drug-likeness (QED) is 0.530. The number of carbonyl (C=O) groups is 1. The third-order valence-corrected chi connectivity index (χ3v) is 5.28. The van der Waals surface area contributed by atoms with Crippen molar-refractivity contribution in [2.75, 3.05) is 5.32 Å². The molecule has 152 valence electrons. The van der Waals surface area contributed by atoms with Crippen molar-refractivity contribution in [3.05, 3.63) is 81.5 Å². The fourth-order valence-electron chi connectivity index (χ4n) is 3.10. The van der Waals surface area contributed by atoms with Gasteiger partial charge in [0.2, 0.25) is 5.91 Å². The van der Waals surface area contributed by atoms with Gasteiger partial charge in [-0.15, -0.1) is 0 Å². The summed E-state index contributed by atoms with van der Waals surface area (Å²) >= 11 is 6.09. The van der Waals surface area contributed by atoms with Gasteiger partial charge in [-0.1, -0.05) is 35.4 Å². The van der Waals surface area contributed by atoms with Crippen LogP contribution in [0.2, 0.25) is 5.02 Å². The van der Waals surface area contributed by atoms with E-state index in [9.17, 15) is 9.59 Å². The molecule has 0 saturated heterocycles. The molecule has 2 aromatic carbocycles. The average Bonchev–Trinajstić information content (AvgIpc) is 3.16. The molecular formula is C22H20ClN5O2. The summed E-state index contributed by atoms with van der Waals surface area (Å²) < 4.78 is 3.06. The molecule has 8 heteroatoms. The van der Waals surface area contributed by atoms with Crippen molar-refractivity contribution in [3.8, 4) is 5.69 Å². The normalized spacial score (nSPS) is 11.0. The third kappa shape index (κ3) is 3.97. The number of hydrogen-bond donors (Lipinski definition) is 1. The van der Waals surface area contributed by atoms with Crippen LogP contribution in [0.5, 0.6) is 0 Å². The van der Waals surface area contributed by atoms with E-state index >= 15 is 0 Å². The number of halogens is 1. The zero-order valence-corrected chi connectivity index (χ0v) is 17.3. The Labute approximate surface area is 177 Å². The van der Waals surface area contributed by atoms with Crippen LogP contribution in [0.3, 0.4) is 0 Å². The van der Waals surface area contributed by atoms with Crippen LogP contribution >= 0.6 is 11.6 Å². The van der Waals surface area contributed by atoms with E-state index in [-0.39, 0.29) is 24.4 Å². The smallest absolute Gasteiger partial charge is 0.264 e. The van der Waals surface area contributed by atoms with E-state index in [4.69, 9.17) is 11.6 Å². The van der Waals surface area contributed by atoms with Gasteiger partial charge in [-0.05, 0) is 43.7 Å². The van der Waals surface area contributed by atoms with E-state index in [1.165, 1.54) is 17.1 Å². The maximum atomic E-state index is 12.8. The summed E-state index contributed by atoms with van der Waals surface area (Å²) in [5, 5.41) is 8.10. The Kier molecular flexibility index (Phi) is 5.37. The molecule has 4 aromatic rings. The van der Waals surface area contributed by atoms with Crippen molar-refractivity contribution in [2.45, 2.75) is 26.8 Å². The molecule has 0 atom stereocenters. The molecule has 0 aliphatic heterocycles. The maximum absolute atomic E-state index is 12.8. The minimum absolute atomic E-state index is 0.130. The Morgan fingerprint density at radius 3 is 2.63 bits per heavy atom. The molecule has 0 spiro atoms. The van der Waals surface area contributed by atoms with Crippen LogP contribution in [0.1, 0.15) is 17.5 Å². The number of nitrogens with zero attached hydrogens (tertiary/aromatic N) is 4. The van der Waals surface area contributed by atoms with Crippen molar-refractivity contribution >= 4 is 34.2 Å². The number of aromatic nitrogens is 4. The second kappa shape index (κ2) is 8.12. The fourth-order valence-corrected chi connectivity index (χ4v) is 3.28. The highest BCUT2D eigenvalue weighted by atomic mass is 35.5. The molecule has 30 heavy (non-hydrogen) atoms. The van der Waals surface area contributed by atoms with Crippen LogP contribution < -0.4 is 10.9 Å². The number of anilines is 1. The number of carbonyl (C=O) groups excluding carboxylic acids is 1. The Morgan fingerprint density at radius 1 is 1.13 bits per heavy atom. The highest BCUT2D eigenvalue weighted by Crippen LogP contribution is 2.20. The highest BCUT2D eigenvalue weighted by Gasteiger charge is 2.12. The number of fused-ring (bicyclic) bond motifs is 1. The van der Waals surface area contributed by atoms with Crippen LogP contribution in [0, 0.1) is 13.8 Å². The fraction of sp³-hybridized carbons (Fsp3) is 0.182. The van der Waals surface area contributed by atoms with Gasteiger partial charge in [-0.3, -0.25) is 14.2 Å². The summed E-state index contributed by atoms with van der Waals surface area (Å²) in [6.07, 6.45) is 3.09. The van der Waals surface area contributed by atoms with E-state index in [1.807, 2.05) is 44.2 Å². The number of benzene rings is 2. The molecule has 0 aliphatic rings. The van der Waals surface area contributed by atoms with Gasteiger partial charge in [-0.2, -0.15) is 5.10 Å². The number of amides is 1. The van der Waals surface area contributed by atoms with Crippen LogP contribution in [-0.4, -0.2) is 25.2 Å². The van der Waals surface area contributed by atoms with E-state index in [2.05, 4.69) is 15.4 Å². The molecule has 2 heterocycles. The van der Waals surface area contributed by atoms with Crippen molar-refractivity contribution in [2.24, 2.45) is 0 Å². The Hall–Kier alpha value is -3.45. The van der Waals surface area contributed by atoms with Gasteiger partial charge in [0.05, 0.1) is 18.2 Å². The monoisotopic (exact) mass is 421 g/mol. The highest BCUT2D eigenvalue weighted by molar-refractivity contribution is 6.31. The zero-order valence-electron chi connectivity index (χ0n) is 16.6. The summed E-state index contributed by atoms with van der Waals surface area (Å²) in [7, 11) is 0. The van der Waals surface area contributed by atoms with Crippen LogP contribution in [-0.2, 0) is 11.3 Å². The topological polar surface area (TPSA) is 81.8 Å². The molecule has 4 rings (SSSR count). The minimum Gasteiger partial charge on any atom is -0.326 e. The number of nitrogens with one attached hydrogen (secondary N) is 1. The lowest BCUT2D eigenvalue weighted by Gasteiger charge is -2.08. The molecular weight excluding hydrogens is 402 g/mol. The van der Waals surface area contributed by atoms with Gasteiger partial charge in [0, 0.05) is 23.7 Å². The summed E-state index contributed by atoms with van der Waals surface area (Å²) in [4.78, 5) is 29.5. The van der Waals surface area contributed by atoms with Crippen LogP contribution in [0.15, 0.2) is 59.8 Å². The predicted octanol–water partition coefficient (Wildman–Crippen LogP) is 3.88. The van der Waals surface area contributed by atoms with Gasteiger partial charge in [-0.25, -0.2) is 9.67 Å². The van der Waals surface area contributed by atoms with E-state index in [0.29, 0.717) is 21.7 Å². The van der Waals surface area contributed by atoms with E-state index in [1.54, 1.807) is 16.8 Å². The van der Waals surface area contributed by atoms with Crippen LogP contribution in [0.4, 0.5) is 5.69 Å². The lowest BCUT2D eigenvalue weighted by molar-refractivity contribution is -0.116. The first-order valence-corrected chi connectivity index (χ1v) is 9.86. The van der Waals surface area contributed by atoms with E-state index in [0.717, 1.165) is 16.8 Å². The van der Waals surface area contributed by atoms with Gasteiger partial charge in [0.25, 0.3) is 5.56 Å². The maximum Gasteiger partial charge on any atom is 0.264 e. The Morgan fingerprint density at radius 2 is 1.90 bits per heavy atom. The Bertz CT molecular complexity index is 1290. The number of aryl methyl sites for hydroxylation is 3. The lowest BCUT2D eigenvalue weighted by Crippen LogP contribution is -2.23. The van der Waals surface area contributed by atoms with Crippen molar-refractivity contribution in [1.82, 2.24) is 19.3 Å².